The topological polar surface area (TPSA) is 66.9 Å². The van der Waals surface area contributed by atoms with Crippen molar-refractivity contribution in [1.82, 2.24) is 0 Å². The maximum Gasteiger partial charge on any atom is 0.287 e. The molecule has 0 aliphatic rings. The number of nitro groups is 1. The van der Waals surface area contributed by atoms with Crippen LogP contribution in [0.25, 0.3) is 0 Å². The molecule has 4 nitrogen and oxygen atoms in total. The zero-order valence-corrected chi connectivity index (χ0v) is 12.8. The normalized spacial score (nSPS) is 10.3. The van der Waals surface area contributed by atoms with E-state index in [0.29, 0.717) is 11.8 Å². The van der Waals surface area contributed by atoms with Gasteiger partial charge in [-0.1, -0.05) is 11.8 Å². The van der Waals surface area contributed by atoms with Crippen molar-refractivity contribution >= 4 is 33.4 Å². The quantitative estimate of drug-likeness (QED) is 0.430. The van der Waals surface area contributed by atoms with Gasteiger partial charge in [0.25, 0.3) is 5.69 Å². The minimum absolute atomic E-state index is 0.168. The van der Waals surface area contributed by atoms with Gasteiger partial charge in [0.2, 0.25) is 0 Å². The summed E-state index contributed by atoms with van der Waals surface area (Å²) >= 11 is 3.23. The fourth-order valence-electron chi connectivity index (χ4n) is 1.57. The minimum Gasteiger partial charge on any atom is -0.258 e. The van der Waals surface area contributed by atoms with Crippen molar-refractivity contribution in [3.8, 4) is 6.07 Å². The van der Waals surface area contributed by atoms with E-state index in [0.717, 1.165) is 18.2 Å². The number of hydrogen-bond acceptors (Lipinski definition) is 4. The summed E-state index contributed by atoms with van der Waals surface area (Å²) in [7, 11) is 0. The summed E-state index contributed by atoms with van der Waals surface area (Å²) in [4.78, 5) is 9.73. The van der Waals surface area contributed by atoms with Crippen LogP contribution < -0.4 is 0 Å². The molecule has 0 aromatic heterocycles. The average molecular weight is 389 g/mol. The zero-order chi connectivity index (χ0) is 16.4. The standard InChI is InChI=1S/C13H4BrF3N2O2S/c14-8-4-10(19(20)21)13(12(17)11(8)16)22-7-1-2-9(15)6(3-7)5-18/h1-4H. The van der Waals surface area contributed by atoms with Crippen molar-refractivity contribution in [2.45, 2.75) is 9.79 Å². The zero-order valence-electron chi connectivity index (χ0n) is 10.4. The molecule has 0 aliphatic carbocycles. The van der Waals surface area contributed by atoms with Gasteiger partial charge in [-0.25, -0.2) is 13.2 Å². The van der Waals surface area contributed by atoms with E-state index in [2.05, 4.69) is 15.9 Å². The fraction of sp³-hybridized carbons (Fsp3) is 0. The van der Waals surface area contributed by atoms with Crippen LogP contribution in [-0.2, 0) is 0 Å². The van der Waals surface area contributed by atoms with Gasteiger partial charge in [0, 0.05) is 11.0 Å². The largest absolute Gasteiger partial charge is 0.287 e. The van der Waals surface area contributed by atoms with Crippen LogP contribution in [0.4, 0.5) is 18.9 Å². The van der Waals surface area contributed by atoms with Crippen LogP contribution in [0.3, 0.4) is 0 Å². The summed E-state index contributed by atoms with van der Waals surface area (Å²) in [6.45, 7) is 0. The van der Waals surface area contributed by atoms with Gasteiger partial charge in [-0.15, -0.1) is 0 Å². The van der Waals surface area contributed by atoms with Crippen LogP contribution >= 0.6 is 27.7 Å². The molecule has 0 radical (unpaired) electrons. The molecule has 22 heavy (non-hydrogen) atoms. The van der Waals surface area contributed by atoms with Crippen LogP contribution in [0.2, 0.25) is 0 Å². The predicted molar refractivity (Wildman–Crippen MR) is 76.0 cm³/mol. The number of halogens is 4. The number of nitro benzene ring substituents is 1. The molecule has 0 aliphatic heterocycles. The summed E-state index contributed by atoms with van der Waals surface area (Å²) < 4.78 is 40.4. The Morgan fingerprint density at radius 2 is 1.91 bits per heavy atom. The third kappa shape index (κ3) is 3.08. The Bertz CT molecular complexity index is 824. The van der Waals surface area contributed by atoms with Crippen LogP contribution in [-0.4, -0.2) is 4.92 Å². The van der Waals surface area contributed by atoms with Crippen molar-refractivity contribution in [3.05, 3.63) is 61.9 Å². The van der Waals surface area contributed by atoms with E-state index in [-0.39, 0.29) is 14.9 Å². The maximum absolute atomic E-state index is 14.0. The predicted octanol–water partition coefficient (Wildman–Crippen LogP) is 4.80. The Balaban J connectivity index is 2.56. The lowest BCUT2D eigenvalue weighted by atomic mass is 10.2. The first-order valence-corrected chi connectivity index (χ1v) is 7.15. The number of nitriles is 1. The van der Waals surface area contributed by atoms with Gasteiger partial charge in [-0.2, -0.15) is 5.26 Å². The Morgan fingerprint density at radius 1 is 1.23 bits per heavy atom. The number of hydrogen-bond donors (Lipinski definition) is 0. The van der Waals surface area contributed by atoms with Crippen LogP contribution in [0, 0.1) is 38.9 Å². The van der Waals surface area contributed by atoms with Crippen molar-refractivity contribution in [1.29, 1.82) is 5.26 Å². The summed E-state index contributed by atoms with van der Waals surface area (Å²) in [6.07, 6.45) is 0. The molecule has 0 N–H and O–H groups in total. The number of nitrogens with zero attached hydrogens (tertiary/aromatic N) is 2. The number of benzene rings is 2. The molecule has 2 rings (SSSR count). The number of rotatable bonds is 3. The van der Waals surface area contributed by atoms with E-state index >= 15 is 0 Å². The molecule has 0 heterocycles. The van der Waals surface area contributed by atoms with Crippen LogP contribution in [0.5, 0.6) is 0 Å². The molecular formula is C13H4BrF3N2O2S. The summed E-state index contributed by atoms with van der Waals surface area (Å²) in [5.74, 6) is -3.44. The lowest BCUT2D eigenvalue weighted by Gasteiger charge is -2.07. The smallest absolute Gasteiger partial charge is 0.258 e. The van der Waals surface area contributed by atoms with Gasteiger partial charge in [-0.05, 0) is 34.1 Å². The first-order valence-electron chi connectivity index (χ1n) is 5.54. The van der Waals surface area contributed by atoms with Crippen LogP contribution in [0.1, 0.15) is 5.56 Å². The maximum atomic E-state index is 14.0. The molecular weight excluding hydrogens is 385 g/mol. The highest BCUT2D eigenvalue weighted by atomic mass is 79.9. The van der Waals surface area contributed by atoms with E-state index in [9.17, 15) is 23.3 Å². The first-order chi connectivity index (χ1) is 10.3. The second-order valence-corrected chi connectivity index (χ2v) is 5.89. The summed E-state index contributed by atoms with van der Waals surface area (Å²) in [5.41, 5.74) is -0.941. The van der Waals surface area contributed by atoms with Gasteiger partial charge in [0.05, 0.1) is 15.0 Å². The molecule has 0 saturated carbocycles. The highest BCUT2D eigenvalue weighted by Crippen LogP contribution is 2.40. The molecule has 112 valence electrons. The Morgan fingerprint density at radius 3 is 2.50 bits per heavy atom. The second kappa shape index (κ2) is 6.37. The highest BCUT2D eigenvalue weighted by Gasteiger charge is 2.25. The van der Waals surface area contributed by atoms with E-state index in [1.54, 1.807) is 6.07 Å². The molecule has 0 saturated heterocycles. The third-order valence-electron chi connectivity index (χ3n) is 2.57. The lowest BCUT2D eigenvalue weighted by Crippen LogP contribution is -1.98. The molecule has 0 amide bonds. The molecule has 2 aromatic rings. The van der Waals surface area contributed by atoms with Gasteiger partial charge in [-0.3, -0.25) is 10.1 Å². The minimum atomic E-state index is -1.39. The molecule has 0 bridgehead atoms. The summed E-state index contributed by atoms with van der Waals surface area (Å²) in [5, 5.41) is 19.7. The molecule has 2 aromatic carbocycles. The van der Waals surface area contributed by atoms with Crippen molar-refractivity contribution < 1.29 is 18.1 Å². The van der Waals surface area contributed by atoms with Crippen molar-refractivity contribution in [2.24, 2.45) is 0 Å². The SMILES string of the molecule is N#Cc1cc(Sc2c([N+](=O)[O-])cc(Br)c(F)c2F)ccc1F. The molecule has 0 spiro atoms. The van der Waals surface area contributed by atoms with E-state index in [1.807, 2.05) is 0 Å². The molecule has 0 fully saturated rings. The van der Waals surface area contributed by atoms with Gasteiger partial charge >= 0.3 is 0 Å². The van der Waals surface area contributed by atoms with Gasteiger partial charge < -0.3 is 0 Å². The molecule has 0 unspecified atom stereocenters. The van der Waals surface area contributed by atoms with Gasteiger partial charge in [0.1, 0.15) is 16.8 Å². The fourth-order valence-corrected chi connectivity index (χ4v) is 2.93. The second-order valence-electron chi connectivity index (χ2n) is 3.95. The van der Waals surface area contributed by atoms with Crippen molar-refractivity contribution in [3.63, 3.8) is 0 Å². The van der Waals surface area contributed by atoms with E-state index in [1.165, 1.54) is 6.07 Å². The Labute approximate surface area is 134 Å². The Kier molecular flexibility index (Phi) is 4.73. The van der Waals surface area contributed by atoms with Crippen molar-refractivity contribution in [2.75, 3.05) is 0 Å². The third-order valence-corrected chi connectivity index (χ3v) is 4.23. The Hall–Kier alpha value is -2.05. The molecule has 9 heteroatoms. The lowest BCUT2D eigenvalue weighted by molar-refractivity contribution is -0.388. The average Bonchev–Trinajstić information content (AvgIpc) is 2.49. The first kappa shape index (κ1) is 16.3. The molecule has 0 atom stereocenters. The van der Waals surface area contributed by atoms with Crippen LogP contribution in [0.15, 0.2) is 38.5 Å². The van der Waals surface area contributed by atoms with E-state index < -0.39 is 33.0 Å². The monoisotopic (exact) mass is 388 g/mol. The van der Waals surface area contributed by atoms with E-state index in [4.69, 9.17) is 5.26 Å². The summed E-state index contributed by atoms with van der Waals surface area (Å²) in [6, 6.07) is 5.72. The van der Waals surface area contributed by atoms with Gasteiger partial charge in [0.15, 0.2) is 11.6 Å². The highest BCUT2D eigenvalue weighted by molar-refractivity contribution is 9.10.